The third kappa shape index (κ3) is 3.80. The maximum atomic E-state index is 5.66. The summed E-state index contributed by atoms with van der Waals surface area (Å²) >= 11 is 0. The summed E-state index contributed by atoms with van der Waals surface area (Å²) < 4.78 is 5.66. The minimum absolute atomic E-state index is 0.453. The summed E-state index contributed by atoms with van der Waals surface area (Å²) in [6.45, 7) is 10.3. The van der Waals surface area contributed by atoms with Gasteiger partial charge in [0, 0.05) is 38.4 Å². The first-order valence-corrected chi connectivity index (χ1v) is 9.24. The molecule has 0 spiro atoms. The lowest BCUT2D eigenvalue weighted by atomic mass is 9.78. The number of ether oxygens (including phenoxy) is 1. The van der Waals surface area contributed by atoms with Crippen molar-refractivity contribution in [2.45, 2.75) is 70.9 Å². The Morgan fingerprint density at radius 2 is 1.90 bits per heavy atom. The zero-order valence-electron chi connectivity index (χ0n) is 14.1. The highest BCUT2D eigenvalue weighted by Crippen LogP contribution is 2.40. The predicted octanol–water partition coefficient (Wildman–Crippen LogP) is 3.05. The molecular formula is C18H34N2O. The van der Waals surface area contributed by atoms with Gasteiger partial charge in [0.05, 0.1) is 0 Å². The summed E-state index contributed by atoms with van der Waals surface area (Å²) in [5.41, 5.74) is 0.453. The van der Waals surface area contributed by atoms with Crippen LogP contribution in [0.1, 0.15) is 58.8 Å². The summed E-state index contributed by atoms with van der Waals surface area (Å²) in [5.74, 6) is 1.01. The van der Waals surface area contributed by atoms with Crippen molar-refractivity contribution in [3.63, 3.8) is 0 Å². The maximum Gasteiger partial charge on any atom is 0.0472 e. The quantitative estimate of drug-likeness (QED) is 0.843. The second-order valence-corrected chi connectivity index (χ2v) is 8.02. The highest BCUT2D eigenvalue weighted by atomic mass is 16.5. The predicted molar refractivity (Wildman–Crippen MR) is 87.6 cm³/mol. The Bertz CT molecular complexity index is 325. The normalized spacial score (nSPS) is 33.3. The van der Waals surface area contributed by atoms with E-state index in [1.807, 2.05) is 0 Å². The van der Waals surface area contributed by atoms with Crippen molar-refractivity contribution in [1.82, 2.24) is 10.2 Å². The number of nitrogens with one attached hydrogen (secondary N) is 1. The van der Waals surface area contributed by atoms with E-state index in [0.29, 0.717) is 11.5 Å². The molecule has 2 unspecified atom stereocenters. The van der Waals surface area contributed by atoms with E-state index in [-0.39, 0.29) is 0 Å². The molecule has 3 fully saturated rings. The number of rotatable bonds is 5. The number of fused-ring (bicyclic) bond motifs is 1. The van der Waals surface area contributed by atoms with Crippen molar-refractivity contribution in [3.05, 3.63) is 0 Å². The van der Waals surface area contributed by atoms with E-state index in [4.69, 9.17) is 4.74 Å². The zero-order valence-corrected chi connectivity index (χ0v) is 14.1. The van der Waals surface area contributed by atoms with Crippen molar-refractivity contribution in [3.8, 4) is 0 Å². The van der Waals surface area contributed by atoms with Crippen LogP contribution >= 0.6 is 0 Å². The van der Waals surface area contributed by atoms with Crippen LogP contribution in [0.3, 0.4) is 0 Å². The minimum Gasteiger partial charge on any atom is -0.381 e. The lowest BCUT2D eigenvalue weighted by Gasteiger charge is -2.43. The fraction of sp³-hybridized carbons (Fsp3) is 1.00. The molecule has 3 aliphatic rings. The Morgan fingerprint density at radius 3 is 2.67 bits per heavy atom. The molecule has 2 atom stereocenters. The Labute approximate surface area is 130 Å². The number of hydrogen-bond acceptors (Lipinski definition) is 3. The van der Waals surface area contributed by atoms with E-state index >= 15 is 0 Å². The van der Waals surface area contributed by atoms with E-state index < -0.39 is 0 Å². The molecule has 122 valence electrons. The molecule has 3 rings (SSSR count). The van der Waals surface area contributed by atoms with Crippen LogP contribution in [0.5, 0.6) is 0 Å². The van der Waals surface area contributed by atoms with Crippen LogP contribution in [0.4, 0.5) is 0 Å². The Hall–Kier alpha value is -0.120. The van der Waals surface area contributed by atoms with Crippen molar-refractivity contribution in [2.24, 2.45) is 11.3 Å². The smallest absolute Gasteiger partial charge is 0.0472 e. The average molecular weight is 294 g/mol. The first kappa shape index (κ1) is 15.8. The van der Waals surface area contributed by atoms with E-state index in [9.17, 15) is 0 Å². The van der Waals surface area contributed by atoms with Gasteiger partial charge in [0.1, 0.15) is 0 Å². The average Bonchev–Trinajstić information content (AvgIpc) is 2.90. The Morgan fingerprint density at radius 1 is 1.14 bits per heavy atom. The summed E-state index contributed by atoms with van der Waals surface area (Å²) in [6.07, 6.45) is 9.80. The van der Waals surface area contributed by atoms with Gasteiger partial charge in [0.25, 0.3) is 0 Å². The fourth-order valence-electron chi connectivity index (χ4n) is 4.75. The van der Waals surface area contributed by atoms with Gasteiger partial charge >= 0.3 is 0 Å². The van der Waals surface area contributed by atoms with Gasteiger partial charge in [-0.2, -0.15) is 0 Å². The van der Waals surface area contributed by atoms with Crippen LogP contribution < -0.4 is 5.32 Å². The van der Waals surface area contributed by atoms with Gasteiger partial charge in [-0.15, -0.1) is 0 Å². The van der Waals surface area contributed by atoms with Crippen LogP contribution in [0.2, 0.25) is 0 Å². The van der Waals surface area contributed by atoms with Crippen molar-refractivity contribution >= 4 is 0 Å². The van der Waals surface area contributed by atoms with Crippen molar-refractivity contribution in [1.29, 1.82) is 0 Å². The lowest BCUT2D eigenvalue weighted by molar-refractivity contribution is -0.0107. The van der Waals surface area contributed by atoms with E-state index in [1.165, 1.54) is 64.6 Å². The van der Waals surface area contributed by atoms with Gasteiger partial charge in [0.2, 0.25) is 0 Å². The summed E-state index contributed by atoms with van der Waals surface area (Å²) in [7, 11) is 0. The molecule has 21 heavy (non-hydrogen) atoms. The van der Waals surface area contributed by atoms with Crippen LogP contribution in [0, 0.1) is 11.3 Å². The fourth-order valence-corrected chi connectivity index (χ4v) is 4.75. The molecule has 1 N–H and O–H groups in total. The van der Waals surface area contributed by atoms with Crippen LogP contribution in [0.25, 0.3) is 0 Å². The largest absolute Gasteiger partial charge is 0.381 e. The van der Waals surface area contributed by atoms with Gasteiger partial charge in [-0.3, -0.25) is 4.90 Å². The molecule has 1 saturated carbocycles. The molecule has 1 aliphatic carbocycles. The van der Waals surface area contributed by atoms with E-state index in [1.54, 1.807) is 0 Å². The van der Waals surface area contributed by atoms with Gasteiger partial charge in [-0.05, 0) is 50.0 Å². The third-order valence-electron chi connectivity index (χ3n) is 6.10. The monoisotopic (exact) mass is 294 g/mol. The molecule has 0 bridgehead atoms. The van der Waals surface area contributed by atoms with E-state index in [2.05, 4.69) is 24.1 Å². The summed E-state index contributed by atoms with van der Waals surface area (Å²) in [6, 6.07) is 1.49. The molecule has 3 nitrogen and oxygen atoms in total. The third-order valence-corrected chi connectivity index (χ3v) is 6.10. The van der Waals surface area contributed by atoms with Crippen molar-refractivity contribution in [2.75, 3.05) is 32.8 Å². The number of nitrogens with zero attached hydrogens (tertiary/aromatic N) is 1. The molecular weight excluding hydrogens is 260 g/mol. The molecule has 3 heteroatoms. The molecule has 2 heterocycles. The highest BCUT2D eigenvalue weighted by molar-refractivity contribution is 4.95. The topological polar surface area (TPSA) is 24.5 Å². The Balaban J connectivity index is 1.63. The SMILES string of the molecule is CC(C)NCC1(CN2CCC3CCCCC32)CCOCC1. The second-order valence-electron chi connectivity index (χ2n) is 8.02. The summed E-state index contributed by atoms with van der Waals surface area (Å²) in [5, 5.41) is 3.72. The lowest BCUT2D eigenvalue weighted by Crippen LogP contribution is -2.50. The molecule has 0 aromatic rings. The van der Waals surface area contributed by atoms with Crippen LogP contribution in [-0.2, 0) is 4.74 Å². The minimum atomic E-state index is 0.453. The van der Waals surface area contributed by atoms with Gasteiger partial charge in [-0.1, -0.05) is 26.7 Å². The first-order chi connectivity index (χ1) is 10.2. The zero-order chi connectivity index (χ0) is 14.7. The van der Waals surface area contributed by atoms with Crippen LogP contribution in [-0.4, -0.2) is 49.8 Å². The molecule has 2 saturated heterocycles. The van der Waals surface area contributed by atoms with Crippen LogP contribution in [0.15, 0.2) is 0 Å². The molecule has 2 aliphatic heterocycles. The number of likely N-dealkylation sites (tertiary alicyclic amines) is 1. The van der Waals surface area contributed by atoms with E-state index in [0.717, 1.165) is 25.2 Å². The highest BCUT2D eigenvalue weighted by Gasteiger charge is 2.41. The maximum absolute atomic E-state index is 5.66. The molecule has 0 aromatic heterocycles. The van der Waals surface area contributed by atoms with Gasteiger partial charge < -0.3 is 10.1 Å². The standard InChI is InChI=1S/C18H34N2O/c1-15(2)19-13-18(8-11-21-12-9-18)14-20-10-7-16-5-3-4-6-17(16)20/h15-17,19H,3-14H2,1-2H3. The molecule has 0 radical (unpaired) electrons. The first-order valence-electron chi connectivity index (χ1n) is 9.24. The van der Waals surface area contributed by atoms with Gasteiger partial charge in [-0.25, -0.2) is 0 Å². The summed E-state index contributed by atoms with van der Waals surface area (Å²) in [4.78, 5) is 2.86. The van der Waals surface area contributed by atoms with Gasteiger partial charge in [0.15, 0.2) is 0 Å². The molecule has 0 aromatic carbocycles. The Kier molecular flexibility index (Phi) is 5.23. The molecule has 0 amide bonds. The number of hydrogen-bond donors (Lipinski definition) is 1. The van der Waals surface area contributed by atoms with Crippen molar-refractivity contribution < 1.29 is 4.74 Å². The second kappa shape index (κ2) is 6.97.